The maximum atomic E-state index is 4.47. The van der Waals surface area contributed by atoms with E-state index in [1.807, 2.05) is 6.21 Å². The van der Waals surface area contributed by atoms with Gasteiger partial charge in [0.2, 0.25) is 0 Å². The second kappa shape index (κ2) is 2.70. The minimum atomic E-state index is 1.10. The molecule has 0 amide bonds. The van der Waals surface area contributed by atoms with Crippen molar-refractivity contribution in [2.75, 3.05) is 0 Å². The van der Waals surface area contributed by atoms with Gasteiger partial charge in [0, 0.05) is 17.2 Å². The van der Waals surface area contributed by atoms with Crippen LogP contribution in [0.3, 0.4) is 0 Å². The van der Waals surface area contributed by atoms with Crippen LogP contribution in [0.4, 0.5) is 5.69 Å². The summed E-state index contributed by atoms with van der Waals surface area (Å²) in [5, 5.41) is 5.16. The van der Waals surface area contributed by atoms with Crippen LogP contribution in [0.2, 0.25) is 0 Å². The SMILES string of the molecule is C1=Nc2cccc3cc4ccccc4c1c23. The summed E-state index contributed by atoms with van der Waals surface area (Å²) in [6.07, 6.45) is 1.99. The van der Waals surface area contributed by atoms with Crippen LogP contribution in [-0.4, -0.2) is 6.21 Å². The molecule has 0 saturated heterocycles. The zero-order valence-corrected chi connectivity index (χ0v) is 8.64. The summed E-state index contributed by atoms with van der Waals surface area (Å²) in [5.74, 6) is 0. The van der Waals surface area contributed by atoms with Crippen LogP contribution in [0, 0.1) is 0 Å². The van der Waals surface area contributed by atoms with E-state index in [2.05, 4.69) is 53.5 Å². The van der Waals surface area contributed by atoms with E-state index in [0.717, 1.165) is 5.69 Å². The minimum absolute atomic E-state index is 1.10. The molecule has 3 aromatic rings. The molecule has 0 aliphatic carbocycles. The highest BCUT2D eigenvalue weighted by Crippen LogP contribution is 2.37. The molecule has 0 unspecified atom stereocenters. The van der Waals surface area contributed by atoms with Crippen molar-refractivity contribution in [3.63, 3.8) is 0 Å². The molecule has 0 saturated carbocycles. The third kappa shape index (κ3) is 0.878. The highest BCUT2D eigenvalue weighted by atomic mass is 14.7. The van der Waals surface area contributed by atoms with Gasteiger partial charge in [-0.05, 0) is 28.3 Å². The Bertz CT molecular complexity index is 754. The molecule has 0 radical (unpaired) electrons. The van der Waals surface area contributed by atoms with E-state index in [9.17, 15) is 0 Å². The standard InChI is InChI=1S/C15H9N/c1-2-6-12-10(4-1)8-11-5-3-7-14-15(11)13(12)9-16-14/h1-9H. The number of aliphatic imine (C=N–C) groups is 1. The van der Waals surface area contributed by atoms with Crippen LogP contribution < -0.4 is 0 Å². The van der Waals surface area contributed by atoms with Crippen LogP contribution in [0.1, 0.15) is 5.56 Å². The van der Waals surface area contributed by atoms with Crippen LogP contribution in [0.15, 0.2) is 53.5 Å². The summed E-state index contributed by atoms with van der Waals surface area (Å²) in [6, 6.07) is 17.0. The third-order valence-electron chi connectivity index (χ3n) is 3.24. The molecule has 16 heavy (non-hydrogen) atoms. The fourth-order valence-electron chi connectivity index (χ4n) is 2.52. The van der Waals surface area contributed by atoms with Crippen molar-refractivity contribution >= 4 is 33.4 Å². The van der Waals surface area contributed by atoms with Gasteiger partial charge in [0.05, 0.1) is 5.69 Å². The summed E-state index contributed by atoms with van der Waals surface area (Å²) in [7, 11) is 0. The largest absolute Gasteiger partial charge is 0.256 e. The van der Waals surface area contributed by atoms with E-state index in [1.165, 1.54) is 27.1 Å². The summed E-state index contributed by atoms with van der Waals surface area (Å²) in [6.45, 7) is 0. The second-order valence-electron chi connectivity index (χ2n) is 4.14. The van der Waals surface area contributed by atoms with E-state index in [0.29, 0.717) is 0 Å². The van der Waals surface area contributed by atoms with Crippen LogP contribution >= 0.6 is 0 Å². The van der Waals surface area contributed by atoms with Gasteiger partial charge < -0.3 is 0 Å². The van der Waals surface area contributed by atoms with Gasteiger partial charge in [0.1, 0.15) is 0 Å². The van der Waals surface area contributed by atoms with Gasteiger partial charge in [-0.25, -0.2) is 0 Å². The number of benzene rings is 3. The quantitative estimate of drug-likeness (QED) is 0.382. The second-order valence-corrected chi connectivity index (χ2v) is 4.14. The van der Waals surface area contributed by atoms with E-state index in [1.54, 1.807) is 0 Å². The number of rotatable bonds is 0. The fourth-order valence-corrected chi connectivity index (χ4v) is 2.52. The Hall–Kier alpha value is -2.15. The number of nitrogens with zero attached hydrogens (tertiary/aromatic N) is 1. The smallest absolute Gasteiger partial charge is 0.0715 e. The maximum absolute atomic E-state index is 4.47. The van der Waals surface area contributed by atoms with E-state index >= 15 is 0 Å². The molecular formula is C15H9N. The Labute approximate surface area is 93.0 Å². The van der Waals surface area contributed by atoms with Gasteiger partial charge in [-0.3, -0.25) is 4.99 Å². The van der Waals surface area contributed by atoms with Crippen LogP contribution in [0.5, 0.6) is 0 Å². The Kier molecular flexibility index (Phi) is 1.36. The van der Waals surface area contributed by atoms with Crippen molar-refractivity contribution in [2.45, 2.75) is 0 Å². The first kappa shape index (κ1) is 8.05. The molecule has 3 aromatic carbocycles. The highest BCUT2D eigenvalue weighted by Gasteiger charge is 2.12. The van der Waals surface area contributed by atoms with Gasteiger partial charge in [0.25, 0.3) is 0 Å². The molecule has 1 heteroatoms. The van der Waals surface area contributed by atoms with Gasteiger partial charge in [-0.2, -0.15) is 0 Å². The van der Waals surface area contributed by atoms with Crippen molar-refractivity contribution < 1.29 is 0 Å². The lowest BCUT2D eigenvalue weighted by atomic mass is 9.98. The molecule has 1 aliphatic rings. The van der Waals surface area contributed by atoms with Gasteiger partial charge in [-0.1, -0.05) is 36.4 Å². The van der Waals surface area contributed by atoms with Gasteiger partial charge in [-0.15, -0.1) is 0 Å². The van der Waals surface area contributed by atoms with Crippen molar-refractivity contribution in [1.29, 1.82) is 0 Å². The summed E-state index contributed by atoms with van der Waals surface area (Å²) in [4.78, 5) is 4.47. The molecule has 0 aromatic heterocycles. The average molecular weight is 203 g/mol. The third-order valence-corrected chi connectivity index (χ3v) is 3.24. The first-order valence-corrected chi connectivity index (χ1v) is 5.42. The maximum Gasteiger partial charge on any atom is 0.0715 e. The Balaban J connectivity index is 2.38. The topological polar surface area (TPSA) is 12.4 Å². The molecule has 0 fully saturated rings. The van der Waals surface area contributed by atoms with Gasteiger partial charge >= 0.3 is 0 Å². The number of fused-ring (bicyclic) bond motifs is 2. The molecule has 1 heterocycles. The Morgan fingerprint density at radius 1 is 0.812 bits per heavy atom. The van der Waals surface area contributed by atoms with Crippen molar-refractivity contribution in [3.8, 4) is 0 Å². The Morgan fingerprint density at radius 2 is 1.69 bits per heavy atom. The summed E-state index contributed by atoms with van der Waals surface area (Å²) < 4.78 is 0. The molecule has 0 atom stereocenters. The highest BCUT2D eigenvalue weighted by molar-refractivity contribution is 6.20. The predicted octanol–water partition coefficient (Wildman–Crippen LogP) is 4.06. The van der Waals surface area contributed by atoms with Crippen LogP contribution in [-0.2, 0) is 0 Å². The molecule has 74 valence electrons. The molecule has 0 spiro atoms. The van der Waals surface area contributed by atoms with Crippen molar-refractivity contribution in [3.05, 3.63) is 54.1 Å². The molecule has 0 N–H and O–H groups in total. The van der Waals surface area contributed by atoms with Gasteiger partial charge in [0.15, 0.2) is 0 Å². The van der Waals surface area contributed by atoms with Crippen molar-refractivity contribution in [2.24, 2.45) is 4.99 Å². The molecule has 4 rings (SSSR count). The zero-order valence-electron chi connectivity index (χ0n) is 8.64. The minimum Gasteiger partial charge on any atom is -0.256 e. The predicted molar refractivity (Wildman–Crippen MR) is 68.7 cm³/mol. The lowest BCUT2D eigenvalue weighted by molar-refractivity contribution is 1.63. The average Bonchev–Trinajstić information content (AvgIpc) is 2.76. The zero-order chi connectivity index (χ0) is 10.5. The normalized spacial score (nSPS) is 12.8. The summed E-state index contributed by atoms with van der Waals surface area (Å²) in [5.41, 5.74) is 2.36. The molecule has 1 aliphatic heterocycles. The number of hydrogen-bond donors (Lipinski definition) is 0. The van der Waals surface area contributed by atoms with E-state index in [4.69, 9.17) is 0 Å². The lowest BCUT2D eigenvalue weighted by Gasteiger charge is -2.05. The first-order chi connectivity index (χ1) is 7.93. The molecular weight excluding hydrogens is 194 g/mol. The van der Waals surface area contributed by atoms with E-state index in [-0.39, 0.29) is 0 Å². The monoisotopic (exact) mass is 203 g/mol. The summed E-state index contributed by atoms with van der Waals surface area (Å²) >= 11 is 0. The lowest BCUT2D eigenvalue weighted by Crippen LogP contribution is -1.83. The fraction of sp³-hybridized carbons (Fsp3) is 0. The first-order valence-electron chi connectivity index (χ1n) is 5.42. The number of hydrogen-bond acceptors (Lipinski definition) is 1. The molecule has 1 nitrogen and oxygen atoms in total. The Morgan fingerprint density at radius 3 is 2.69 bits per heavy atom. The van der Waals surface area contributed by atoms with E-state index < -0.39 is 0 Å². The van der Waals surface area contributed by atoms with Crippen molar-refractivity contribution in [1.82, 2.24) is 0 Å². The van der Waals surface area contributed by atoms with Crippen LogP contribution in [0.25, 0.3) is 21.5 Å². The molecule has 0 bridgehead atoms.